The molecule has 4 atom stereocenters. The van der Waals surface area contributed by atoms with Gasteiger partial charge in [-0.25, -0.2) is 9.67 Å². The highest BCUT2D eigenvalue weighted by Crippen LogP contribution is 2.29. The molecule has 13 nitrogen and oxygen atoms in total. The standard InChI is InChI=1S/C19H20N6O7/c1-30-11-4-2-3-9(5-11)12-6-10(24-32-12)7-21-18(29)15-13(26)14(27)19(31-15)25-8-22-17(23-25)16(20)28/h2-6,8,13-15,19,26-27H,7H2,1H3,(H2,20,28)(H,21,29)/t13-,14+,15-,19+/m0/s1. The minimum atomic E-state index is -1.54. The van der Waals surface area contributed by atoms with E-state index in [2.05, 4.69) is 20.6 Å². The number of amides is 2. The summed E-state index contributed by atoms with van der Waals surface area (Å²) in [5, 5.41) is 30.7. The van der Waals surface area contributed by atoms with Crippen molar-refractivity contribution in [2.75, 3.05) is 7.11 Å². The van der Waals surface area contributed by atoms with Crippen molar-refractivity contribution in [2.45, 2.75) is 31.1 Å². The third kappa shape index (κ3) is 4.16. The molecule has 1 aliphatic rings. The Balaban J connectivity index is 1.39. The van der Waals surface area contributed by atoms with Gasteiger partial charge in [-0.1, -0.05) is 17.3 Å². The first kappa shape index (κ1) is 21.4. The summed E-state index contributed by atoms with van der Waals surface area (Å²) in [5.74, 6) is -0.699. The zero-order valence-electron chi connectivity index (χ0n) is 16.8. The van der Waals surface area contributed by atoms with E-state index in [0.29, 0.717) is 17.2 Å². The van der Waals surface area contributed by atoms with Crippen LogP contribution in [0.3, 0.4) is 0 Å². The Morgan fingerprint density at radius 2 is 2.09 bits per heavy atom. The Kier molecular flexibility index (Phi) is 5.85. The van der Waals surface area contributed by atoms with Gasteiger partial charge in [0.15, 0.2) is 18.1 Å². The van der Waals surface area contributed by atoms with Gasteiger partial charge >= 0.3 is 0 Å². The number of nitrogens with one attached hydrogen (secondary N) is 1. The van der Waals surface area contributed by atoms with Gasteiger partial charge in [-0.3, -0.25) is 9.59 Å². The summed E-state index contributed by atoms with van der Waals surface area (Å²) in [6.45, 7) is -0.00517. The smallest absolute Gasteiger partial charge is 0.288 e. The van der Waals surface area contributed by atoms with Crippen molar-refractivity contribution < 1.29 is 33.8 Å². The maximum atomic E-state index is 12.5. The van der Waals surface area contributed by atoms with E-state index in [4.69, 9.17) is 19.7 Å². The van der Waals surface area contributed by atoms with E-state index in [1.165, 1.54) is 0 Å². The number of nitrogens with zero attached hydrogens (tertiary/aromatic N) is 4. The van der Waals surface area contributed by atoms with Crippen LogP contribution >= 0.6 is 0 Å². The van der Waals surface area contributed by atoms with Crippen molar-refractivity contribution in [1.29, 1.82) is 0 Å². The van der Waals surface area contributed by atoms with Gasteiger partial charge in [-0.15, -0.1) is 5.10 Å². The first-order valence-electron chi connectivity index (χ1n) is 9.47. The number of methoxy groups -OCH3 is 1. The summed E-state index contributed by atoms with van der Waals surface area (Å²) in [5.41, 5.74) is 6.28. The van der Waals surface area contributed by atoms with Gasteiger partial charge in [0, 0.05) is 11.6 Å². The van der Waals surface area contributed by atoms with E-state index < -0.39 is 36.4 Å². The van der Waals surface area contributed by atoms with Crippen molar-refractivity contribution in [3.63, 3.8) is 0 Å². The number of aliphatic hydroxyl groups is 2. The summed E-state index contributed by atoms with van der Waals surface area (Å²) >= 11 is 0. The van der Waals surface area contributed by atoms with Crippen molar-refractivity contribution >= 4 is 11.8 Å². The molecule has 5 N–H and O–H groups in total. The number of primary amides is 1. The molecule has 1 fully saturated rings. The van der Waals surface area contributed by atoms with Gasteiger partial charge in [0.2, 0.25) is 5.82 Å². The van der Waals surface area contributed by atoms with E-state index >= 15 is 0 Å². The Morgan fingerprint density at radius 3 is 2.81 bits per heavy atom. The van der Waals surface area contributed by atoms with Gasteiger partial charge in [0.05, 0.1) is 13.7 Å². The number of aromatic nitrogens is 4. The Morgan fingerprint density at radius 1 is 1.28 bits per heavy atom. The number of carbonyl (C=O) groups is 2. The average molecular weight is 444 g/mol. The zero-order valence-corrected chi connectivity index (χ0v) is 16.8. The molecular weight excluding hydrogens is 424 g/mol. The molecule has 3 aromatic rings. The SMILES string of the molecule is COc1cccc(-c2cc(CNC(=O)[C@H]3O[C@@H](n4cnc(C(N)=O)n4)[C@H](O)[C@@H]3O)no2)c1. The second-order valence-electron chi connectivity index (χ2n) is 6.97. The van der Waals surface area contributed by atoms with E-state index in [0.717, 1.165) is 16.6 Å². The fourth-order valence-corrected chi connectivity index (χ4v) is 3.19. The van der Waals surface area contributed by atoms with E-state index in [1.54, 1.807) is 31.4 Å². The van der Waals surface area contributed by atoms with Gasteiger partial charge < -0.3 is 35.3 Å². The molecule has 3 heterocycles. The Hall–Kier alpha value is -3.81. The van der Waals surface area contributed by atoms with E-state index in [-0.39, 0.29) is 12.4 Å². The number of hydrogen-bond donors (Lipinski definition) is 4. The minimum Gasteiger partial charge on any atom is -0.497 e. The number of carbonyl (C=O) groups excluding carboxylic acids is 2. The van der Waals surface area contributed by atoms with Crippen molar-refractivity contribution in [3.05, 3.63) is 48.2 Å². The van der Waals surface area contributed by atoms with Crippen LogP contribution < -0.4 is 15.8 Å². The van der Waals surface area contributed by atoms with Crippen molar-refractivity contribution in [1.82, 2.24) is 25.2 Å². The number of aliphatic hydroxyl groups excluding tert-OH is 2. The lowest BCUT2D eigenvalue weighted by Crippen LogP contribution is -2.42. The molecule has 0 saturated carbocycles. The third-order valence-corrected chi connectivity index (χ3v) is 4.84. The van der Waals surface area contributed by atoms with Gasteiger partial charge in [-0.05, 0) is 12.1 Å². The summed E-state index contributed by atoms with van der Waals surface area (Å²) in [7, 11) is 1.56. The molecule has 32 heavy (non-hydrogen) atoms. The average Bonchev–Trinajstić information content (AvgIpc) is 3.52. The second-order valence-corrected chi connectivity index (χ2v) is 6.97. The molecule has 4 rings (SSSR count). The Bertz CT molecular complexity index is 1130. The molecule has 0 unspecified atom stereocenters. The van der Waals surface area contributed by atoms with Crippen LogP contribution in [0.4, 0.5) is 0 Å². The van der Waals surface area contributed by atoms with Crippen molar-refractivity contribution in [2.24, 2.45) is 5.73 Å². The topological polar surface area (TPSA) is 188 Å². The number of hydrogen-bond acceptors (Lipinski definition) is 10. The number of ether oxygens (including phenoxy) is 2. The number of benzene rings is 1. The van der Waals surface area contributed by atoms with Crippen LogP contribution in [0.5, 0.6) is 5.75 Å². The predicted molar refractivity (Wildman–Crippen MR) is 105 cm³/mol. The molecule has 0 bridgehead atoms. The highest BCUT2D eigenvalue weighted by Gasteiger charge is 2.47. The lowest BCUT2D eigenvalue weighted by atomic mass is 10.1. The summed E-state index contributed by atoms with van der Waals surface area (Å²) in [4.78, 5) is 27.3. The summed E-state index contributed by atoms with van der Waals surface area (Å²) in [6.07, 6.45) is -4.53. The van der Waals surface area contributed by atoms with Gasteiger partial charge in [-0.2, -0.15) is 0 Å². The summed E-state index contributed by atoms with van der Waals surface area (Å²) in [6, 6.07) is 8.85. The largest absolute Gasteiger partial charge is 0.497 e. The highest BCUT2D eigenvalue weighted by atomic mass is 16.6. The van der Waals surface area contributed by atoms with Crippen LogP contribution in [-0.4, -0.2) is 67.4 Å². The van der Waals surface area contributed by atoms with Crippen LogP contribution in [0, 0.1) is 0 Å². The fourth-order valence-electron chi connectivity index (χ4n) is 3.19. The molecule has 0 spiro atoms. The quantitative estimate of drug-likeness (QED) is 0.351. The zero-order chi connectivity index (χ0) is 22.8. The third-order valence-electron chi connectivity index (χ3n) is 4.84. The summed E-state index contributed by atoms with van der Waals surface area (Å²) < 4.78 is 17.0. The van der Waals surface area contributed by atoms with Crippen LogP contribution in [0.2, 0.25) is 0 Å². The van der Waals surface area contributed by atoms with E-state index in [9.17, 15) is 19.8 Å². The molecule has 2 aromatic heterocycles. The molecular formula is C19H20N6O7. The second kappa shape index (κ2) is 8.74. The first-order chi connectivity index (χ1) is 15.4. The predicted octanol–water partition coefficient (Wildman–Crippen LogP) is -1.02. The molecule has 168 valence electrons. The van der Waals surface area contributed by atoms with Crippen LogP contribution in [0.1, 0.15) is 22.5 Å². The lowest BCUT2D eigenvalue weighted by Gasteiger charge is -2.13. The van der Waals surface area contributed by atoms with Crippen LogP contribution in [0.25, 0.3) is 11.3 Å². The van der Waals surface area contributed by atoms with Crippen LogP contribution in [-0.2, 0) is 16.1 Å². The minimum absolute atomic E-state index is 0.00517. The molecule has 2 amide bonds. The molecule has 0 radical (unpaired) electrons. The van der Waals surface area contributed by atoms with Crippen molar-refractivity contribution in [3.8, 4) is 17.1 Å². The monoisotopic (exact) mass is 444 g/mol. The maximum Gasteiger partial charge on any atom is 0.288 e. The molecule has 1 aromatic carbocycles. The van der Waals surface area contributed by atoms with Crippen LogP contribution in [0.15, 0.2) is 41.2 Å². The van der Waals surface area contributed by atoms with Gasteiger partial charge in [0.1, 0.15) is 30.0 Å². The first-order valence-corrected chi connectivity index (χ1v) is 9.47. The number of nitrogens with two attached hydrogens (primary N) is 1. The fraction of sp³-hybridized carbons (Fsp3) is 0.316. The molecule has 1 saturated heterocycles. The lowest BCUT2D eigenvalue weighted by molar-refractivity contribution is -0.138. The normalized spacial score (nSPS) is 22.6. The Labute approximate surface area is 180 Å². The number of rotatable bonds is 7. The molecule has 13 heteroatoms. The molecule has 1 aliphatic heterocycles. The molecule has 0 aliphatic carbocycles. The van der Waals surface area contributed by atoms with Gasteiger partial charge in [0.25, 0.3) is 11.8 Å². The van der Waals surface area contributed by atoms with E-state index in [1.807, 2.05) is 6.07 Å². The maximum absolute atomic E-state index is 12.5. The highest BCUT2D eigenvalue weighted by molar-refractivity contribution is 5.88.